The van der Waals surface area contributed by atoms with Gasteiger partial charge in [0.05, 0.1) is 5.37 Å². The molecule has 1 aromatic rings. The van der Waals surface area contributed by atoms with E-state index in [9.17, 15) is 4.79 Å². The Morgan fingerprint density at radius 1 is 1.40 bits per heavy atom. The summed E-state index contributed by atoms with van der Waals surface area (Å²) in [6, 6.07) is 5.60. The molecule has 0 saturated carbocycles. The third kappa shape index (κ3) is 3.28. The first-order chi connectivity index (χ1) is 9.65. The van der Waals surface area contributed by atoms with Gasteiger partial charge in [0.25, 0.3) is 0 Å². The highest BCUT2D eigenvalue weighted by Crippen LogP contribution is 2.32. The summed E-state index contributed by atoms with van der Waals surface area (Å²) in [5.41, 5.74) is 0.908. The lowest BCUT2D eigenvalue weighted by Gasteiger charge is -2.24. The molecule has 0 fully saturated rings. The summed E-state index contributed by atoms with van der Waals surface area (Å²) in [7, 11) is 0. The minimum Gasteiger partial charge on any atom is -0.454 e. The molecule has 0 bridgehead atoms. The fourth-order valence-corrected chi connectivity index (χ4v) is 2.29. The van der Waals surface area contributed by atoms with Gasteiger partial charge >= 0.3 is 0 Å². The highest BCUT2D eigenvalue weighted by Gasteiger charge is 2.15. The van der Waals surface area contributed by atoms with Crippen LogP contribution >= 0.6 is 12.6 Å². The summed E-state index contributed by atoms with van der Waals surface area (Å²) in [6.07, 6.45) is 4.17. The zero-order chi connectivity index (χ0) is 14.5. The average molecular weight is 293 g/mol. The molecule has 0 saturated heterocycles. The fraction of sp³-hybridized carbons (Fsp3) is 0.400. The lowest BCUT2D eigenvalue weighted by Crippen LogP contribution is -2.35. The smallest absolute Gasteiger partial charge is 0.247 e. The molecule has 1 aliphatic rings. The maximum absolute atomic E-state index is 12.1. The molecule has 20 heavy (non-hydrogen) atoms. The van der Waals surface area contributed by atoms with Gasteiger partial charge in [-0.05, 0) is 37.1 Å². The van der Waals surface area contributed by atoms with E-state index in [0.717, 1.165) is 17.7 Å². The van der Waals surface area contributed by atoms with E-state index in [4.69, 9.17) is 9.47 Å². The van der Waals surface area contributed by atoms with Crippen LogP contribution in [0.25, 0.3) is 6.08 Å². The maximum Gasteiger partial charge on any atom is 0.247 e. The van der Waals surface area contributed by atoms with Gasteiger partial charge in [0.15, 0.2) is 11.5 Å². The second-order valence-corrected chi connectivity index (χ2v) is 5.06. The zero-order valence-electron chi connectivity index (χ0n) is 11.7. The molecule has 2 rings (SSSR count). The van der Waals surface area contributed by atoms with Crippen LogP contribution in [0.15, 0.2) is 24.3 Å². The molecule has 1 aromatic carbocycles. The number of carbonyl (C=O) groups is 1. The van der Waals surface area contributed by atoms with Crippen molar-refractivity contribution in [2.24, 2.45) is 0 Å². The molecule has 5 heteroatoms. The highest BCUT2D eigenvalue weighted by molar-refractivity contribution is 7.80. The molecule has 1 amide bonds. The number of hydrogen-bond acceptors (Lipinski definition) is 4. The summed E-state index contributed by atoms with van der Waals surface area (Å²) in [4.78, 5) is 13.8. The van der Waals surface area contributed by atoms with Crippen LogP contribution < -0.4 is 9.47 Å². The fourth-order valence-electron chi connectivity index (χ4n) is 2.01. The lowest BCUT2D eigenvalue weighted by molar-refractivity contribution is -0.126. The number of likely N-dealkylation sites (N-methyl/N-ethyl adjacent to an activating group) is 1. The number of amides is 1. The number of benzene rings is 1. The standard InChI is InChI=1S/C15H19NO3S/c1-3-15(20)16(4-2)14(17)8-6-11-5-7-12-13(9-11)19-10-18-12/h5-9,15,20H,3-4,10H2,1-2H3/b8-6+. The lowest BCUT2D eigenvalue weighted by atomic mass is 10.2. The molecule has 108 valence electrons. The first-order valence-electron chi connectivity index (χ1n) is 6.72. The number of thiol groups is 1. The molecular formula is C15H19NO3S. The summed E-state index contributed by atoms with van der Waals surface area (Å²) >= 11 is 4.41. The third-order valence-corrected chi connectivity index (χ3v) is 3.81. The minimum absolute atomic E-state index is 0.0352. The number of nitrogens with zero attached hydrogens (tertiary/aromatic N) is 1. The van der Waals surface area contributed by atoms with Crippen LogP contribution in [-0.4, -0.2) is 29.5 Å². The van der Waals surface area contributed by atoms with Crippen molar-refractivity contribution in [2.45, 2.75) is 25.6 Å². The molecule has 1 unspecified atom stereocenters. The van der Waals surface area contributed by atoms with E-state index in [2.05, 4.69) is 12.6 Å². The van der Waals surface area contributed by atoms with E-state index in [1.54, 1.807) is 17.1 Å². The van der Waals surface area contributed by atoms with Gasteiger partial charge in [-0.3, -0.25) is 4.79 Å². The Bertz CT molecular complexity index is 516. The topological polar surface area (TPSA) is 38.8 Å². The second-order valence-electron chi connectivity index (χ2n) is 4.46. The van der Waals surface area contributed by atoms with Crippen LogP contribution in [0.2, 0.25) is 0 Å². The molecule has 0 aliphatic carbocycles. The predicted octanol–water partition coefficient (Wildman–Crippen LogP) is 2.94. The van der Waals surface area contributed by atoms with E-state index in [-0.39, 0.29) is 18.1 Å². The Hall–Kier alpha value is -1.62. The molecule has 0 radical (unpaired) electrons. The second kappa shape index (κ2) is 6.70. The molecule has 0 N–H and O–H groups in total. The van der Waals surface area contributed by atoms with Crippen LogP contribution in [0.4, 0.5) is 0 Å². The molecule has 1 heterocycles. The third-order valence-electron chi connectivity index (χ3n) is 3.16. The monoisotopic (exact) mass is 293 g/mol. The van der Waals surface area contributed by atoms with Crippen molar-refractivity contribution in [2.75, 3.05) is 13.3 Å². The van der Waals surface area contributed by atoms with Crippen molar-refractivity contribution in [3.05, 3.63) is 29.8 Å². The van der Waals surface area contributed by atoms with Gasteiger partial charge in [-0.15, -0.1) is 0 Å². The van der Waals surface area contributed by atoms with Crippen molar-refractivity contribution < 1.29 is 14.3 Å². The summed E-state index contributed by atoms with van der Waals surface area (Å²) in [6.45, 7) is 4.86. The Morgan fingerprint density at radius 3 is 2.85 bits per heavy atom. The summed E-state index contributed by atoms with van der Waals surface area (Å²) < 4.78 is 10.6. The molecule has 0 spiro atoms. The van der Waals surface area contributed by atoms with Crippen LogP contribution in [0, 0.1) is 0 Å². The number of rotatable bonds is 5. The number of fused-ring (bicyclic) bond motifs is 1. The van der Waals surface area contributed by atoms with Gasteiger partial charge in [-0.25, -0.2) is 0 Å². The van der Waals surface area contributed by atoms with Crippen molar-refractivity contribution in [3.63, 3.8) is 0 Å². The van der Waals surface area contributed by atoms with Gasteiger partial charge < -0.3 is 14.4 Å². The largest absolute Gasteiger partial charge is 0.454 e. The Labute approximate surface area is 124 Å². The first-order valence-corrected chi connectivity index (χ1v) is 7.23. The van der Waals surface area contributed by atoms with Gasteiger partial charge in [-0.1, -0.05) is 13.0 Å². The molecule has 0 aromatic heterocycles. The van der Waals surface area contributed by atoms with Gasteiger partial charge in [0, 0.05) is 12.6 Å². The molecule has 1 aliphatic heterocycles. The quantitative estimate of drug-likeness (QED) is 0.515. The van der Waals surface area contributed by atoms with Crippen LogP contribution in [0.3, 0.4) is 0 Å². The Morgan fingerprint density at radius 2 is 2.15 bits per heavy atom. The van der Waals surface area contributed by atoms with Gasteiger partial charge in [0.2, 0.25) is 12.7 Å². The SMILES string of the molecule is CCC(S)N(CC)C(=O)/C=C/c1ccc2c(c1)OCO2. The first kappa shape index (κ1) is 14.8. The van der Waals surface area contributed by atoms with Crippen molar-refractivity contribution in [3.8, 4) is 11.5 Å². The van der Waals surface area contributed by atoms with E-state index >= 15 is 0 Å². The normalized spacial score (nSPS) is 14.6. The van der Waals surface area contributed by atoms with E-state index in [0.29, 0.717) is 12.3 Å². The zero-order valence-corrected chi connectivity index (χ0v) is 12.6. The number of ether oxygens (including phenoxy) is 2. The number of carbonyl (C=O) groups excluding carboxylic acids is 1. The van der Waals surface area contributed by atoms with Crippen LogP contribution in [0.5, 0.6) is 11.5 Å². The van der Waals surface area contributed by atoms with E-state index in [1.165, 1.54) is 0 Å². The van der Waals surface area contributed by atoms with Crippen molar-refractivity contribution in [1.82, 2.24) is 4.90 Å². The molecular weight excluding hydrogens is 274 g/mol. The minimum atomic E-state index is -0.0473. The molecule has 4 nitrogen and oxygen atoms in total. The van der Waals surface area contributed by atoms with Crippen molar-refractivity contribution in [1.29, 1.82) is 0 Å². The number of hydrogen-bond donors (Lipinski definition) is 1. The molecule has 1 atom stereocenters. The summed E-state index contributed by atoms with van der Waals surface area (Å²) in [5, 5.41) is -0.0473. The predicted molar refractivity (Wildman–Crippen MR) is 82.1 cm³/mol. The maximum atomic E-state index is 12.1. The van der Waals surface area contributed by atoms with Gasteiger partial charge in [-0.2, -0.15) is 12.6 Å². The van der Waals surface area contributed by atoms with Gasteiger partial charge in [0.1, 0.15) is 0 Å². The van der Waals surface area contributed by atoms with E-state index < -0.39 is 0 Å². The Kier molecular flexibility index (Phi) is 4.95. The summed E-state index contributed by atoms with van der Waals surface area (Å²) in [5.74, 6) is 1.42. The van der Waals surface area contributed by atoms with Crippen LogP contribution in [-0.2, 0) is 4.79 Å². The Balaban J connectivity index is 2.06. The average Bonchev–Trinajstić information content (AvgIpc) is 2.93. The van der Waals surface area contributed by atoms with E-state index in [1.807, 2.05) is 32.0 Å². The van der Waals surface area contributed by atoms with Crippen LogP contribution in [0.1, 0.15) is 25.8 Å². The van der Waals surface area contributed by atoms with Crippen molar-refractivity contribution >= 4 is 24.6 Å². The highest BCUT2D eigenvalue weighted by atomic mass is 32.1.